The van der Waals surface area contributed by atoms with Crippen LogP contribution >= 0.6 is 0 Å². The highest BCUT2D eigenvalue weighted by molar-refractivity contribution is 5.75. The van der Waals surface area contributed by atoms with Gasteiger partial charge in [0.1, 0.15) is 12.2 Å². The van der Waals surface area contributed by atoms with Gasteiger partial charge in [-0.1, -0.05) is 13.8 Å². The van der Waals surface area contributed by atoms with Crippen molar-refractivity contribution in [3.63, 3.8) is 0 Å². The van der Waals surface area contributed by atoms with Crippen molar-refractivity contribution in [1.82, 2.24) is 9.78 Å². The number of aliphatic carboxylic acids is 1. The first-order valence-corrected chi connectivity index (χ1v) is 5.97. The van der Waals surface area contributed by atoms with Crippen molar-refractivity contribution in [3.8, 4) is 0 Å². The number of carbonyl (C=O) groups is 1. The second-order valence-corrected chi connectivity index (χ2v) is 4.50. The van der Waals surface area contributed by atoms with Crippen molar-refractivity contribution in [2.45, 2.75) is 26.7 Å². The Morgan fingerprint density at radius 3 is 2.53 bits per heavy atom. The molecular weight excluding hydrogens is 252 g/mol. The third-order valence-electron chi connectivity index (χ3n) is 2.76. The van der Waals surface area contributed by atoms with Gasteiger partial charge in [-0.25, -0.2) is 4.68 Å². The van der Waals surface area contributed by atoms with Crippen LogP contribution in [0.2, 0.25) is 0 Å². The summed E-state index contributed by atoms with van der Waals surface area (Å²) in [6, 6.07) is 0. The molecule has 0 unspecified atom stereocenters. The third-order valence-corrected chi connectivity index (χ3v) is 2.76. The molecule has 0 bridgehead atoms. The first kappa shape index (κ1) is 14.9. The van der Waals surface area contributed by atoms with Gasteiger partial charge in [0.25, 0.3) is 0 Å². The molecule has 0 radical (unpaired) electrons. The van der Waals surface area contributed by atoms with Crippen molar-refractivity contribution in [2.24, 2.45) is 7.05 Å². The molecule has 0 aromatic carbocycles. The summed E-state index contributed by atoms with van der Waals surface area (Å²) in [5, 5.41) is 24.3. The number of hydrogen-bond donors (Lipinski definition) is 1. The first-order chi connectivity index (χ1) is 8.79. The zero-order valence-corrected chi connectivity index (χ0v) is 11.5. The van der Waals surface area contributed by atoms with Crippen LogP contribution in [0.1, 0.15) is 32.4 Å². The monoisotopic (exact) mass is 270 g/mol. The van der Waals surface area contributed by atoms with E-state index in [1.807, 2.05) is 13.8 Å². The Morgan fingerprint density at radius 1 is 1.58 bits per heavy atom. The van der Waals surface area contributed by atoms with E-state index in [9.17, 15) is 14.9 Å². The van der Waals surface area contributed by atoms with E-state index in [1.165, 1.54) is 9.58 Å². The van der Waals surface area contributed by atoms with Crippen molar-refractivity contribution >= 4 is 17.5 Å². The van der Waals surface area contributed by atoms with Gasteiger partial charge in [-0.3, -0.25) is 14.9 Å². The Bertz CT molecular complexity index is 495. The fourth-order valence-electron chi connectivity index (χ4n) is 1.94. The Balaban J connectivity index is 3.39. The predicted octanol–water partition coefficient (Wildman–Crippen LogP) is 1.36. The van der Waals surface area contributed by atoms with Crippen molar-refractivity contribution in [2.75, 3.05) is 18.0 Å². The Hall–Kier alpha value is -2.12. The topological polar surface area (TPSA) is 102 Å². The number of nitro groups is 1. The van der Waals surface area contributed by atoms with E-state index in [2.05, 4.69) is 5.10 Å². The summed E-state index contributed by atoms with van der Waals surface area (Å²) in [5.74, 6) is -0.911. The molecule has 1 N–H and O–H groups in total. The van der Waals surface area contributed by atoms with Crippen molar-refractivity contribution in [3.05, 3.63) is 15.8 Å². The number of carboxylic acid groups (broad SMARTS) is 1. The predicted molar refractivity (Wildman–Crippen MR) is 69.5 cm³/mol. The maximum atomic E-state index is 11.2. The van der Waals surface area contributed by atoms with Gasteiger partial charge in [0, 0.05) is 19.5 Å². The number of carboxylic acids is 1. The Labute approximate surface area is 110 Å². The van der Waals surface area contributed by atoms with Crippen LogP contribution in [0.3, 0.4) is 0 Å². The fourth-order valence-corrected chi connectivity index (χ4v) is 1.94. The summed E-state index contributed by atoms with van der Waals surface area (Å²) in [6.45, 7) is 5.42. The Morgan fingerprint density at radius 2 is 2.16 bits per heavy atom. The summed E-state index contributed by atoms with van der Waals surface area (Å²) in [6.07, 6.45) is 0. The molecule has 0 aliphatic rings. The van der Waals surface area contributed by atoms with E-state index >= 15 is 0 Å². The zero-order chi connectivity index (χ0) is 14.7. The van der Waals surface area contributed by atoms with E-state index < -0.39 is 10.9 Å². The molecule has 1 heterocycles. The van der Waals surface area contributed by atoms with Gasteiger partial charge in [0.15, 0.2) is 0 Å². The van der Waals surface area contributed by atoms with Gasteiger partial charge in [-0.15, -0.1) is 0 Å². The lowest BCUT2D eigenvalue weighted by Gasteiger charge is -2.19. The minimum absolute atomic E-state index is 0.108. The number of aryl methyl sites for hydroxylation is 1. The molecule has 0 fully saturated rings. The van der Waals surface area contributed by atoms with E-state index in [-0.39, 0.29) is 24.0 Å². The molecule has 8 heteroatoms. The average Bonchev–Trinajstić information content (AvgIpc) is 2.63. The molecule has 1 aromatic heterocycles. The van der Waals surface area contributed by atoms with E-state index in [0.29, 0.717) is 12.2 Å². The minimum Gasteiger partial charge on any atom is -0.480 e. The molecule has 0 saturated heterocycles. The molecule has 19 heavy (non-hydrogen) atoms. The zero-order valence-electron chi connectivity index (χ0n) is 11.5. The fraction of sp³-hybridized carbons (Fsp3) is 0.636. The number of rotatable bonds is 6. The second kappa shape index (κ2) is 5.68. The lowest BCUT2D eigenvalue weighted by atomic mass is 10.1. The molecule has 1 rings (SSSR count). The molecule has 0 atom stereocenters. The molecule has 8 nitrogen and oxygen atoms in total. The lowest BCUT2D eigenvalue weighted by Crippen LogP contribution is -2.31. The molecule has 0 amide bonds. The van der Waals surface area contributed by atoms with E-state index in [1.54, 1.807) is 14.0 Å². The second-order valence-electron chi connectivity index (χ2n) is 4.50. The summed E-state index contributed by atoms with van der Waals surface area (Å²) >= 11 is 0. The maximum Gasteiger partial charge on any atom is 0.334 e. The summed E-state index contributed by atoms with van der Waals surface area (Å²) in [4.78, 5) is 23.0. The average molecular weight is 270 g/mol. The van der Waals surface area contributed by atoms with Crippen molar-refractivity contribution < 1.29 is 14.8 Å². The van der Waals surface area contributed by atoms with Gasteiger partial charge in [-0.2, -0.15) is 5.10 Å². The van der Waals surface area contributed by atoms with E-state index in [0.717, 1.165) is 0 Å². The van der Waals surface area contributed by atoms with Gasteiger partial charge in [0.05, 0.1) is 4.92 Å². The van der Waals surface area contributed by atoms with Crippen LogP contribution in [0.15, 0.2) is 0 Å². The minimum atomic E-state index is -1.04. The normalized spacial score (nSPS) is 10.8. The highest BCUT2D eigenvalue weighted by Crippen LogP contribution is 2.35. The van der Waals surface area contributed by atoms with Crippen LogP contribution in [-0.2, 0) is 11.8 Å². The quantitative estimate of drug-likeness (QED) is 0.618. The molecule has 0 aliphatic carbocycles. The van der Waals surface area contributed by atoms with Gasteiger partial charge >= 0.3 is 11.7 Å². The van der Waals surface area contributed by atoms with Crippen LogP contribution in [0, 0.1) is 10.1 Å². The van der Waals surface area contributed by atoms with Crippen LogP contribution in [-0.4, -0.2) is 38.9 Å². The molecular formula is C11H18N4O4. The summed E-state index contributed by atoms with van der Waals surface area (Å²) in [5.41, 5.74) is 0.256. The van der Waals surface area contributed by atoms with Crippen molar-refractivity contribution in [1.29, 1.82) is 0 Å². The summed E-state index contributed by atoms with van der Waals surface area (Å²) < 4.78 is 1.37. The largest absolute Gasteiger partial charge is 0.480 e. The van der Waals surface area contributed by atoms with Crippen LogP contribution in [0.25, 0.3) is 0 Å². The third kappa shape index (κ3) is 3.01. The number of anilines is 1. The summed E-state index contributed by atoms with van der Waals surface area (Å²) in [7, 11) is 1.58. The van der Waals surface area contributed by atoms with Gasteiger partial charge < -0.3 is 10.0 Å². The highest BCUT2D eigenvalue weighted by Gasteiger charge is 2.31. The van der Waals surface area contributed by atoms with Crippen LogP contribution in [0.4, 0.5) is 11.5 Å². The first-order valence-electron chi connectivity index (χ1n) is 5.97. The maximum absolute atomic E-state index is 11.2. The molecule has 0 saturated carbocycles. The smallest absolute Gasteiger partial charge is 0.334 e. The highest BCUT2D eigenvalue weighted by atomic mass is 16.6. The number of nitrogens with zero attached hydrogens (tertiary/aromatic N) is 4. The Kier molecular flexibility index (Phi) is 4.47. The molecule has 1 aromatic rings. The lowest BCUT2D eigenvalue weighted by molar-refractivity contribution is -0.385. The molecule has 106 valence electrons. The number of hydrogen-bond acceptors (Lipinski definition) is 5. The van der Waals surface area contributed by atoms with E-state index in [4.69, 9.17) is 5.11 Å². The SMILES string of the molecule is CCN(CC(=O)O)c1c([N+](=O)[O-])c(C(C)C)nn1C. The molecule has 0 aliphatic heterocycles. The van der Waals surface area contributed by atoms with Gasteiger partial charge in [-0.05, 0) is 6.92 Å². The molecule has 0 spiro atoms. The van der Waals surface area contributed by atoms with Crippen LogP contribution < -0.4 is 4.90 Å². The standard InChI is InChI=1S/C11H18N4O4/c1-5-14(6-8(16)17)11-10(15(18)19)9(7(2)3)12-13(11)4/h7H,5-6H2,1-4H3,(H,16,17). The van der Waals surface area contributed by atoms with Gasteiger partial charge in [0.2, 0.25) is 5.82 Å². The van der Waals surface area contributed by atoms with Crippen LogP contribution in [0.5, 0.6) is 0 Å². The number of likely N-dealkylation sites (N-methyl/N-ethyl adjacent to an activating group) is 1. The number of aromatic nitrogens is 2.